The summed E-state index contributed by atoms with van der Waals surface area (Å²) in [5.74, 6) is 1.02. The maximum atomic E-state index is 12.7. The van der Waals surface area contributed by atoms with Crippen LogP contribution < -0.4 is 5.56 Å². The zero-order valence-electron chi connectivity index (χ0n) is 11.6. The van der Waals surface area contributed by atoms with E-state index in [1.807, 2.05) is 0 Å². The minimum Gasteiger partial charge on any atom is -0.306 e. The summed E-state index contributed by atoms with van der Waals surface area (Å²) in [6.45, 7) is 4.83. The Morgan fingerprint density at radius 2 is 2.20 bits per heavy atom. The van der Waals surface area contributed by atoms with Crippen LogP contribution in [0.1, 0.15) is 38.3 Å². The van der Waals surface area contributed by atoms with Crippen LogP contribution in [0, 0.1) is 5.92 Å². The third-order valence-electron chi connectivity index (χ3n) is 3.38. The van der Waals surface area contributed by atoms with Gasteiger partial charge in [0, 0.05) is 24.9 Å². The van der Waals surface area contributed by atoms with Crippen molar-refractivity contribution < 1.29 is 0 Å². The van der Waals surface area contributed by atoms with Crippen LogP contribution in [0.2, 0.25) is 5.15 Å². The van der Waals surface area contributed by atoms with Crippen LogP contribution >= 0.6 is 11.6 Å². The molecule has 0 aliphatic heterocycles. The van der Waals surface area contributed by atoms with Crippen molar-refractivity contribution in [3.05, 3.63) is 39.7 Å². The van der Waals surface area contributed by atoms with Crippen LogP contribution in [0.3, 0.4) is 0 Å². The van der Waals surface area contributed by atoms with E-state index < -0.39 is 0 Å². The first-order chi connectivity index (χ1) is 9.58. The molecule has 0 radical (unpaired) electrons. The molecule has 0 spiro atoms. The molecule has 2 heterocycles. The topological polar surface area (TPSA) is 52.7 Å². The van der Waals surface area contributed by atoms with Crippen molar-refractivity contribution in [1.82, 2.24) is 19.3 Å². The fourth-order valence-corrected chi connectivity index (χ4v) is 2.71. The van der Waals surface area contributed by atoms with E-state index in [1.54, 1.807) is 23.0 Å². The summed E-state index contributed by atoms with van der Waals surface area (Å²) in [5, 5.41) is 4.51. The van der Waals surface area contributed by atoms with Crippen LogP contribution in [-0.4, -0.2) is 19.3 Å². The molecule has 0 N–H and O–H groups in total. The summed E-state index contributed by atoms with van der Waals surface area (Å²) in [7, 11) is 0. The van der Waals surface area contributed by atoms with E-state index in [-0.39, 0.29) is 11.4 Å². The van der Waals surface area contributed by atoms with Gasteiger partial charge >= 0.3 is 0 Å². The van der Waals surface area contributed by atoms with Crippen LogP contribution in [0.25, 0.3) is 5.82 Å². The third-order valence-corrected chi connectivity index (χ3v) is 3.65. The molecule has 0 aromatic carbocycles. The van der Waals surface area contributed by atoms with Gasteiger partial charge < -0.3 is 4.57 Å². The molecule has 1 saturated carbocycles. The van der Waals surface area contributed by atoms with E-state index in [2.05, 4.69) is 23.9 Å². The van der Waals surface area contributed by atoms with E-state index in [4.69, 9.17) is 11.6 Å². The standard InChI is InChI=1S/C14H17ClN4O/c1-9(2)8-18-11(10-4-5-10)12(15)17-13(14(18)20)19-7-3-6-16-19/h3,6-7,9-10H,4-5,8H2,1-2H3. The number of aromatic nitrogens is 4. The van der Waals surface area contributed by atoms with Gasteiger partial charge in [-0.25, -0.2) is 9.67 Å². The molecule has 2 aromatic rings. The third kappa shape index (κ3) is 2.38. The number of hydrogen-bond acceptors (Lipinski definition) is 3. The SMILES string of the molecule is CC(C)Cn1c(C2CC2)c(Cl)nc(-n2cccn2)c1=O. The predicted octanol–water partition coefficient (Wildman–Crippen LogP) is 2.62. The summed E-state index contributed by atoms with van der Waals surface area (Å²) in [6, 6.07) is 1.76. The highest BCUT2D eigenvalue weighted by molar-refractivity contribution is 6.30. The number of hydrogen-bond donors (Lipinski definition) is 0. The van der Waals surface area contributed by atoms with Crippen molar-refractivity contribution in [2.75, 3.05) is 0 Å². The van der Waals surface area contributed by atoms with Gasteiger partial charge in [0.25, 0.3) is 5.56 Å². The minimum atomic E-state index is -0.117. The van der Waals surface area contributed by atoms with E-state index in [1.165, 1.54) is 4.68 Å². The van der Waals surface area contributed by atoms with Crippen molar-refractivity contribution >= 4 is 11.6 Å². The summed E-state index contributed by atoms with van der Waals surface area (Å²) < 4.78 is 3.26. The zero-order valence-corrected chi connectivity index (χ0v) is 12.3. The molecule has 1 aliphatic carbocycles. The van der Waals surface area contributed by atoms with Gasteiger partial charge in [-0.05, 0) is 24.8 Å². The molecular formula is C14H17ClN4O. The lowest BCUT2D eigenvalue weighted by atomic mass is 10.2. The lowest BCUT2D eigenvalue weighted by Gasteiger charge is -2.17. The fourth-order valence-electron chi connectivity index (χ4n) is 2.37. The average molecular weight is 293 g/mol. The first-order valence-corrected chi connectivity index (χ1v) is 7.26. The number of halogens is 1. The highest BCUT2D eigenvalue weighted by Crippen LogP contribution is 2.42. The fraction of sp³-hybridized carbons (Fsp3) is 0.500. The highest BCUT2D eigenvalue weighted by atomic mass is 35.5. The average Bonchev–Trinajstić information content (AvgIpc) is 3.06. The molecule has 0 atom stereocenters. The van der Waals surface area contributed by atoms with E-state index in [9.17, 15) is 4.79 Å². The lowest BCUT2D eigenvalue weighted by Crippen LogP contribution is -2.30. The normalized spacial score (nSPS) is 15.0. The van der Waals surface area contributed by atoms with Gasteiger partial charge in [-0.2, -0.15) is 5.10 Å². The van der Waals surface area contributed by atoms with Crippen molar-refractivity contribution in [2.24, 2.45) is 5.92 Å². The zero-order chi connectivity index (χ0) is 14.3. The summed E-state index contributed by atoms with van der Waals surface area (Å²) in [6.07, 6.45) is 5.49. The number of rotatable bonds is 4. The van der Waals surface area contributed by atoms with E-state index in [0.717, 1.165) is 18.5 Å². The van der Waals surface area contributed by atoms with Gasteiger partial charge in [0.15, 0.2) is 5.15 Å². The molecule has 0 bridgehead atoms. The Morgan fingerprint density at radius 3 is 2.75 bits per heavy atom. The first-order valence-electron chi connectivity index (χ1n) is 6.88. The highest BCUT2D eigenvalue weighted by Gasteiger charge is 2.31. The van der Waals surface area contributed by atoms with Crippen LogP contribution in [0.5, 0.6) is 0 Å². The van der Waals surface area contributed by atoms with Crippen molar-refractivity contribution in [3.63, 3.8) is 0 Å². The summed E-state index contributed by atoms with van der Waals surface area (Å²) >= 11 is 6.33. The van der Waals surface area contributed by atoms with Crippen molar-refractivity contribution in [2.45, 2.75) is 39.2 Å². The summed E-state index contributed by atoms with van der Waals surface area (Å²) in [5.41, 5.74) is 0.773. The van der Waals surface area contributed by atoms with Gasteiger partial charge in [0.05, 0.1) is 5.69 Å². The van der Waals surface area contributed by atoms with Crippen LogP contribution in [0.4, 0.5) is 0 Å². The Hall–Kier alpha value is -1.62. The molecule has 20 heavy (non-hydrogen) atoms. The van der Waals surface area contributed by atoms with Gasteiger partial charge in [0.1, 0.15) is 0 Å². The Bertz CT molecular complexity index is 671. The Kier molecular flexibility index (Phi) is 3.38. The van der Waals surface area contributed by atoms with Crippen molar-refractivity contribution in [1.29, 1.82) is 0 Å². The van der Waals surface area contributed by atoms with E-state index in [0.29, 0.717) is 23.5 Å². The van der Waals surface area contributed by atoms with E-state index >= 15 is 0 Å². The maximum Gasteiger partial charge on any atom is 0.296 e. The van der Waals surface area contributed by atoms with Crippen LogP contribution in [-0.2, 0) is 6.54 Å². The quantitative estimate of drug-likeness (QED) is 0.870. The smallest absolute Gasteiger partial charge is 0.296 e. The second kappa shape index (κ2) is 5.05. The largest absolute Gasteiger partial charge is 0.306 e. The van der Waals surface area contributed by atoms with Crippen LogP contribution in [0.15, 0.2) is 23.3 Å². The van der Waals surface area contributed by atoms with Gasteiger partial charge in [-0.1, -0.05) is 25.4 Å². The Labute approximate surface area is 122 Å². The van der Waals surface area contributed by atoms with Crippen molar-refractivity contribution in [3.8, 4) is 5.82 Å². The lowest BCUT2D eigenvalue weighted by molar-refractivity contribution is 0.490. The molecule has 0 saturated heterocycles. The number of nitrogens with zero attached hydrogens (tertiary/aromatic N) is 4. The Morgan fingerprint density at radius 1 is 1.45 bits per heavy atom. The molecular weight excluding hydrogens is 276 g/mol. The molecule has 2 aromatic heterocycles. The molecule has 0 unspecified atom stereocenters. The second-order valence-corrected chi connectivity index (χ2v) is 6.00. The molecule has 5 nitrogen and oxygen atoms in total. The Balaban J connectivity index is 2.19. The molecule has 1 fully saturated rings. The first kappa shape index (κ1) is 13.4. The maximum absolute atomic E-state index is 12.7. The molecule has 0 amide bonds. The van der Waals surface area contributed by atoms with Gasteiger partial charge in [-0.15, -0.1) is 0 Å². The second-order valence-electron chi connectivity index (χ2n) is 5.65. The predicted molar refractivity (Wildman–Crippen MR) is 77.4 cm³/mol. The molecule has 3 rings (SSSR count). The molecule has 106 valence electrons. The molecule has 6 heteroatoms. The molecule has 1 aliphatic rings. The van der Waals surface area contributed by atoms with Gasteiger partial charge in [-0.3, -0.25) is 4.79 Å². The minimum absolute atomic E-state index is 0.117. The van der Waals surface area contributed by atoms with Gasteiger partial charge in [0.2, 0.25) is 5.82 Å². The summed E-state index contributed by atoms with van der Waals surface area (Å²) in [4.78, 5) is 17.0. The monoisotopic (exact) mass is 292 g/mol.